The van der Waals surface area contributed by atoms with Crippen LogP contribution in [0.25, 0.3) is 0 Å². The van der Waals surface area contributed by atoms with Crippen LogP contribution in [0.15, 0.2) is 47.4 Å². The maximum absolute atomic E-state index is 12.7. The highest BCUT2D eigenvalue weighted by Crippen LogP contribution is 2.30. The largest absolute Gasteiger partial charge is 0.493 e. The SMILES string of the molecule is COc1ccc(S(=O)(=O)Nc2cccc(CN3CCCC3=O)c2)cc1OC. The summed E-state index contributed by atoms with van der Waals surface area (Å²) in [6.07, 6.45) is 1.44. The number of likely N-dealkylation sites (tertiary alicyclic amines) is 1. The molecule has 1 N–H and O–H groups in total. The number of carbonyl (C=O) groups is 1. The van der Waals surface area contributed by atoms with Crippen molar-refractivity contribution in [1.82, 2.24) is 4.90 Å². The van der Waals surface area contributed by atoms with Crippen LogP contribution < -0.4 is 14.2 Å². The molecular formula is C19H22N2O5S. The van der Waals surface area contributed by atoms with Crippen LogP contribution in [-0.2, 0) is 21.4 Å². The Bertz CT molecular complexity index is 943. The number of amides is 1. The van der Waals surface area contributed by atoms with Crippen LogP contribution >= 0.6 is 0 Å². The van der Waals surface area contributed by atoms with Crippen molar-refractivity contribution >= 4 is 21.6 Å². The molecule has 1 fully saturated rings. The molecule has 8 heteroatoms. The Balaban J connectivity index is 1.79. The van der Waals surface area contributed by atoms with Gasteiger partial charge in [-0.1, -0.05) is 12.1 Å². The average molecular weight is 390 g/mol. The summed E-state index contributed by atoms with van der Waals surface area (Å²) >= 11 is 0. The summed E-state index contributed by atoms with van der Waals surface area (Å²) < 4.78 is 38.3. The Hall–Kier alpha value is -2.74. The second-order valence-electron chi connectivity index (χ2n) is 6.24. The van der Waals surface area contributed by atoms with E-state index < -0.39 is 10.0 Å². The fourth-order valence-corrected chi connectivity index (χ4v) is 4.09. The van der Waals surface area contributed by atoms with E-state index in [1.807, 2.05) is 6.07 Å². The van der Waals surface area contributed by atoms with E-state index >= 15 is 0 Å². The predicted molar refractivity (Wildman–Crippen MR) is 101 cm³/mol. The minimum Gasteiger partial charge on any atom is -0.493 e. The molecule has 0 aromatic heterocycles. The quantitative estimate of drug-likeness (QED) is 0.786. The topological polar surface area (TPSA) is 84.9 Å². The van der Waals surface area contributed by atoms with Crippen molar-refractivity contribution in [2.24, 2.45) is 0 Å². The maximum Gasteiger partial charge on any atom is 0.262 e. The second-order valence-corrected chi connectivity index (χ2v) is 7.92. The third kappa shape index (κ3) is 4.33. The van der Waals surface area contributed by atoms with Crippen LogP contribution in [0.2, 0.25) is 0 Å². The molecule has 7 nitrogen and oxygen atoms in total. The lowest BCUT2D eigenvalue weighted by atomic mass is 10.2. The molecule has 1 heterocycles. The van der Waals surface area contributed by atoms with E-state index in [1.165, 1.54) is 26.4 Å². The Morgan fingerprint density at radius 3 is 2.52 bits per heavy atom. The first-order chi connectivity index (χ1) is 12.9. The van der Waals surface area contributed by atoms with Crippen molar-refractivity contribution in [3.63, 3.8) is 0 Å². The van der Waals surface area contributed by atoms with Gasteiger partial charge < -0.3 is 14.4 Å². The summed E-state index contributed by atoms with van der Waals surface area (Å²) in [5.41, 5.74) is 1.31. The van der Waals surface area contributed by atoms with Crippen LogP contribution in [0.5, 0.6) is 11.5 Å². The number of nitrogens with zero attached hydrogens (tertiary/aromatic N) is 1. The van der Waals surface area contributed by atoms with Gasteiger partial charge in [-0.05, 0) is 36.2 Å². The minimum atomic E-state index is -3.79. The standard InChI is InChI=1S/C19H22N2O5S/c1-25-17-9-8-16(12-18(17)26-2)27(23,24)20-15-6-3-5-14(11-15)13-21-10-4-7-19(21)22/h3,5-6,8-9,11-12,20H,4,7,10,13H2,1-2H3. The summed E-state index contributed by atoms with van der Waals surface area (Å²) in [5, 5.41) is 0. The second kappa shape index (κ2) is 7.87. The monoisotopic (exact) mass is 390 g/mol. The lowest BCUT2D eigenvalue weighted by Gasteiger charge is -2.16. The molecular weight excluding hydrogens is 368 g/mol. The van der Waals surface area contributed by atoms with Crippen LogP contribution in [0.1, 0.15) is 18.4 Å². The summed E-state index contributed by atoms with van der Waals surface area (Å²) in [6, 6.07) is 11.5. The van der Waals surface area contributed by atoms with Gasteiger partial charge in [-0.15, -0.1) is 0 Å². The number of anilines is 1. The molecule has 27 heavy (non-hydrogen) atoms. The van der Waals surface area contributed by atoms with E-state index in [-0.39, 0.29) is 10.8 Å². The van der Waals surface area contributed by atoms with Gasteiger partial charge in [0.1, 0.15) is 0 Å². The predicted octanol–water partition coefficient (Wildman–Crippen LogP) is 2.63. The van der Waals surface area contributed by atoms with Crippen molar-refractivity contribution in [3.05, 3.63) is 48.0 Å². The normalized spacial score (nSPS) is 14.3. The summed E-state index contributed by atoms with van der Waals surface area (Å²) in [6.45, 7) is 1.21. The number of hydrogen-bond donors (Lipinski definition) is 1. The molecule has 144 valence electrons. The molecule has 0 aliphatic carbocycles. The zero-order valence-electron chi connectivity index (χ0n) is 15.3. The molecule has 0 unspecified atom stereocenters. The number of benzene rings is 2. The number of carbonyl (C=O) groups excluding carboxylic acids is 1. The van der Waals surface area contributed by atoms with Gasteiger partial charge in [0.25, 0.3) is 10.0 Å². The first-order valence-electron chi connectivity index (χ1n) is 8.54. The lowest BCUT2D eigenvalue weighted by molar-refractivity contribution is -0.128. The minimum absolute atomic E-state index is 0.0697. The van der Waals surface area contributed by atoms with Crippen molar-refractivity contribution < 1.29 is 22.7 Å². The van der Waals surface area contributed by atoms with Gasteiger partial charge in [0, 0.05) is 31.3 Å². The molecule has 0 saturated carbocycles. The summed E-state index contributed by atoms with van der Waals surface area (Å²) in [5.74, 6) is 0.918. The lowest BCUT2D eigenvalue weighted by Crippen LogP contribution is -2.23. The third-order valence-electron chi connectivity index (χ3n) is 4.39. The molecule has 1 amide bonds. The van der Waals surface area contributed by atoms with E-state index in [0.29, 0.717) is 30.2 Å². The van der Waals surface area contributed by atoms with Crippen molar-refractivity contribution in [2.75, 3.05) is 25.5 Å². The molecule has 1 aliphatic heterocycles. The van der Waals surface area contributed by atoms with Crippen LogP contribution in [0.4, 0.5) is 5.69 Å². The first-order valence-corrected chi connectivity index (χ1v) is 10.0. The Labute approximate surface area is 158 Å². The molecule has 2 aromatic rings. The zero-order valence-corrected chi connectivity index (χ0v) is 16.1. The van der Waals surface area contributed by atoms with Crippen molar-refractivity contribution in [2.45, 2.75) is 24.3 Å². The number of methoxy groups -OCH3 is 2. The fraction of sp³-hybridized carbons (Fsp3) is 0.316. The number of nitrogens with one attached hydrogen (secondary N) is 1. The highest BCUT2D eigenvalue weighted by molar-refractivity contribution is 7.92. The molecule has 2 aromatic carbocycles. The summed E-state index contributed by atoms with van der Waals surface area (Å²) in [4.78, 5) is 13.6. The van der Waals surface area contributed by atoms with Gasteiger partial charge in [0.15, 0.2) is 11.5 Å². The Kier molecular flexibility index (Phi) is 5.55. The average Bonchev–Trinajstić information content (AvgIpc) is 3.05. The van der Waals surface area contributed by atoms with Crippen molar-refractivity contribution in [3.8, 4) is 11.5 Å². The Morgan fingerprint density at radius 2 is 1.85 bits per heavy atom. The van der Waals surface area contributed by atoms with Crippen molar-refractivity contribution in [1.29, 1.82) is 0 Å². The molecule has 0 spiro atoms. The van der Waals surface area contributed by atoms with E-state index in [4.69, 9.17) is 9.47 Å². The Morgan fingerprint density at radius 1 is 1.07 bits per heavy atom. The van der Waals surface area contributed by atoms with E-state index in [0.717, 1.165) is 18.5 Å². The van der Waals surface area contributed by atoms with E-state index in [2.05, 4.69) is 4.72 Å². The van der Waals surface area contributed by atoms with E-state index in [9.17, 15) is 13.2 Å². The molecule has 1 aliphatic rings. The third-order valence-corrected chi connectivity index (χ3v) is 5.77. The number of hydrogen-bond acceptors (Lipinski definition) is 5. The highest BCUT2D eigenvalue weighted by atomic mass is 32.2. The number of sulfonamides is 1. The maximum atomic E-state index is 12.7. The van der Waals surface area contributed by atoms with Gasteiger partial charge in [-0.2, -0.15) is 0 Å². The fourth-order valence-electron chi connectivity index (χ4n) is 3.02. The molecule has 0 radical (unpaired) electrons. The first kappa shape index (κ1) is 19.0. The van der Waals surface area contributed by atoms with Gasteiger partial charge in [-0.3, -0.25) is 9.52 Å². The van der Waals surface area contributed by atoms with Gasteiger partial charge in [-0.25, -0.2) is 8.42 Å². The van der Waals surface area contributed by atoms with Crippen LogP contribution in [0.3, 0.4) is 0 Å². The zero-order chi connectivity index (χ0) is 19.4. The molecule has 0 bridgehead atoms. The summed E-state index contributed by atoms with van der Waals surface area (Å²) in [7, 11) is -0.856. The number of ether oxygens (including phenoxy) is 2. The molecule has 1 saturated heterocycles. The van der Waals surface area contributed by atoms with Crippen LogP contribution in [0, 0.1) is 0 Å². The molecule has 3 rings (SSSR count). The van der Waals surface area contributed by atoms with Gasteiger partial charge >= 0.3 is 0 Å². The van der Waals surface area contributed by atoms with Crippen LogP contribution in [-0.4, -0.2) is 40.0 Å². The van der Waals surface area contributed by atoms with Gasteiger partial charge in [0.05, 0.1) is 19.1 Å². The smallest absolute Gasteiger partial charge is 0.262 e. The van der Waals surface area contributed by atoms with E-state index in [1.54, 1.807) is 29.2 Å². The molecule has 0 atom stereocenters. The highest BCUT2D eigenvalue weighted by Gasteiger charge is 2.21. The number of rotatable bonds is 7. The van der Waals surface area contributed by atoms with Gasteiger partial charge in [0.2, 0.25) is 5.91 Å².